The Morgan fingerprint density at radius 1 is 1.14 bits per heavy atom. The molecule has 2 rings (SSSR count). The maximum absolute atomic E-state index is 12.2. The van der Waals surface area contributed by atoms with Crippen molar-refractivity contribution in [2.75, 3.05) is 13.2 Å². The average molecular weight is 289 g/mol. The molecule has 0 N–H and O–H groups in total. The van der Waals surface area contributed by atoms with E-state index in [0.29, 0.717) is 0 Å². The van der Waals surface area contributed by atoms with Crippen LogP contribution in [-0.2, 0) is 14.3 Å². The Bertz CT molecular complexity index is 587. The second-order valence-corrected chi connectivity index (χ2v) is 4.68. The van der Waals surface area contributed by atoms with Crippen molar-refractivity contribution in [3.8, 4) is 0 Å². The van der Waals surface area contributed by atoms with Gasteiger partial charge >= 0.3 is 5.97 Å². The van der Waals surface area contributed by atoms with E-state index in [-0.39, 0.29) is 24.3 Å². The summed E-state index contributed by atoms with van der Waals surface area (Å²) in [5, 5.41) is 0. The van der Waals surface area contributed by atoms with E-state index in [1.807, 2.05) is 0 Å². The smallest absolute Gasteiger partial charge is 0.318 e. The minimum absolute atomic E-state index is 0.130. The Kier molecular flexibility index (Phi) is 4.16. The number of ketones is 1. The van der Waals surface area contributed by atoms with Gasteiger partial charge in [-0.2, -0.15) is 0 Å². The van der Waals surface area contributed by atoms with Gasteiger partial charge in [-0.1, -0.05) is 12.1 Å². The highest BCUT2D eigenvalue weighted by Gasteiger charge is 2.39. The summed E-state index contributed by atoms with van der Waals surface area (Å²) in [6.45, 7) is 2.70. The number of Topliss-reactive ketones (excluding diaryl/α,β-unsaturated/α-hetero) is 1. The van der Waals surface area contributed by atoms with Crippen molar-refractivity contribution in [2.45, 2.75) is 13.8 Å². The van der Waals surface area contributed by atoms with E-state index in [0.717, 1.165) is 4.90 Å². The monoisotopic (exact) mass is 289 g/mol. The van der Waals surface area contributed by atoms with Crippen molar-refractivity contribution in [1.82, 2.24) is 4.90 Å². The SMILES string of the molecule is CCOC(=O)[C@H](CN1C(=O)c2ccccc2C1=O)C(C)=O. The third-order valence-electron chi connectivity index (χ3n) is 3.31. The molecule has 110 valence electrons. The number of carbonyl (C=O) groups excluding carboxylic acids is 4. The van der Waals surface area contributed by atoms with Crippen LogP contribution in [0.4, 0.5) is 0 Å². The third kappa shape index (κ3) is 2.69. The van der Waals surface area contributed by atoms with Crippen molar-refractivity contribution in [2.24, 2.45) is 5.92 Å². The molecule has 0 bridgehead atoms. The summed E-state index contributed by atoms with van der Waals surface area (Å²) in [6.07, 6.45) is 0. The zero-order valence-electron chi connectivity index (χ0n) is 11.8. The van der Waals surface area contributed by atoms with Crippen molar-refractivity contribution in [1.29, 1.82) is 0 Å². The molecule has 0 unspecified atom stereocenters. The van der Waals surface area contributed by atoms with E-state index in [1.165, 1.54) is 6.92 Å². The number of hydrogen-bond donors (Lipinski definition) is 0. The molecule has 0 aliphatic carbocycles. The lowest BCUT2D eigenvalue weighted by Crippen LogP contribution is -2.40. The van der Waals surface area contributed by atoms with Crippen LogP contribution in [0.15, 0.2) is 24.3 Å². The number of rotatable bonds is 5. The summed E-state index contributed by atoms with van der Waals surface area (Å²) in [5.41, 5.74) is 0.572. The summed E-state index contributed by atoms with van der Waals surface area (Å²) in [4.78, 5) is 48.6. The van der Waals surface area contributed by atoms with Crippen LogP contribution in [0, 0.1) is 5.92 Å². The van der Waals surface area contributed by atoms with Gasteiger partial charge in [-0.25, -0.2) is 0 Å². The Morgan fingerprint density at radius 3 is 2.10 bits per heavy atom. The molecule has 6 heteroatoms. The van der Waals surface area contributed by atoms with E-state index in [2.05, 4.69) is 0 Å². The normalized spacial score (nSPS) is 14.9. The summed E-state index contributed by atoms with van der Waals surface area (Å²) in [5.74, 6) is -3.30. The van der Waals surface area contributed by atoms with E-state index in [4.69, 9.17) is 4.74 Å². The van der Waals surface area contributed by atoms with Crippen LogP contribution in [0.1, 0.15) is 34.6 Å². The van der Waals surface area contributed by atoms with E-state index >= 15 is 0 Å². The zero-order valence-corrected chi connectivity index (χ0v) is 11.8. The van der Waals surface area contributed by atoms with Crippen molar-refractivity contribution in [3.63, 3.8) is 0 Å². The average Bonchev–Trinajstić information content (AvgIpc) is 2.69. The van der Waals surface area contributed by atoms with Crippen LogP contribution in [0.2, 0.25) is 0 Å². The molecule has 0 radical (unpaired) electrons. The first-order chi connectivity index (χ1) is 9.97. The molecule has 0 spiro atoms. The Balaban J connectivity index is 2.24. The van der Waals surface area contributed by atoms with E-state index in [1.54, 1.807) is 31.2 Å². The van der Waals surface area contributed by atoms with Gasteiger partial charge in [0.1, 0.15) is 11.7 Å². The molecule has 21 heavy (non-hydrogen) atoms. The van der Waals surface area contributed by atoms with Crippen molar-refractivity contribution in [3.05, 3.63) is 35.4 Å². The van der Waals surface area contributed by atoms with E-state index < -0.39 is 29.5 Å². The van der Waals surface area contributed by atoms with Crippen LogP contribution in [0.25, 0.3) is 0 Å². The molecule has 6 nitrogen and oxygen atoms in total. The fourth-order valence-electron chi connectivity index (χ4n) is 2.20. The summed E-state index contributed by atoms with van der Waals surface area (Å²) >= 11 is 0. The number of ether oxygens (including phenoxy) is 1. The molecule has 1 atom stereocenters. The Labute approximate surface area is 121 Å². The fraction of sp³-hybridized carbons (Fsp3) is 0.333. The Hall–Kier alpha value is -2.50. The minimum Gasteiger partial charge on any atom is -0.465 e. The topological polar surface area (TPSA) is 80.8 Å². The summed E-state index contributed by atoms with van der Waals surface area (Å²) in [6, 6.07) is 6.40. The number of nitrogens with zero attached hydrogens (tertiary/aromatic N) is 1. The van der Waals surface area contributed by atoms with Crippen LogP contribution < -0.4 is 0 Å². The zero-order chi connectivity index (χ0) is 15.6. The van der Waals surface area contributed by atoms with Gasteiger partial charge in [0.25, 0.3) is 11.8 Å². The van der Waals surface area contributed by atoms with Gasteiger partial charge in [0.05, 0.1) is 17.7 Å². The van der Waals surface area contributed by atoms with Crippen LogP contribution >= 0.6 is 0 Å². The van der Waals surface area contributed by atoms with Crippen molar-refractivity contribution >= 4 is 23.6 Å². The molecule has 1 aliphatic rings. The maximum Gasteiger partial charge on any atom is 0.318 e. The highest BCUT2D eigenvalue weighted by atomic mass is 16.5. The molecule has 0 aromatic heterocycles. The predicted molar refractivity (Wildman–Crippen MR) is 72.6 cm³/mol. The molecule has 2 amide bonds. The first-order valence-corrected chi connectivity index (χ1v) is 6.59. The van der Waals surface area contributed by atoms with Crippen LogP contribution in [-0.4, -0.2) is 41.6 Å². The second kappa shape index (κ2) is 5.87. The third-order valence-corrected chi connectivity index (χ3v) is 3.31. The largest absolute Gasteiger partial charge is 0.465 e. The number of fused-ring (bicyclic) bond motifs is 1. The first-order valence-electron chi connectivity index (χ1n) is 6.59. The molecular formula is C15H15NO5. The number of benzene rings is 1. The quantitative estimate of drug-likeness (QED) is 0.460. The van der Waals surface area contributed by atoms with Gasteiger partial charge < -0.3 is 4.74 Å². The maximum atomic E-state index is 12.2. The lowest BCUT2D eigenvalue weighted by atomic mass is 10.1. The van der Waals surface area contributed by atoms with Gasteiger partial charge in [-0.05, 0) is 26.0 Å². The molecule has 1 aliphatic heterocycles. The second-order valence-electron chi connectivity index (χ2n) is 4.68. The van der Waals surface area contributed by atoms with Crippen molar-refractivity contribution < 1.29 is 23.9 Å². The van der Waals surface area contributed by atoms with Crippen LogP contribution in [0.5, 0.6) is 0 Å². The first kappa shape index (κ1) is 14.9. The number of carbonyl (C=O) groups is 4. The Morgan fingerprint density at radius 2 is 1.67 bits per heavy atom. The molecule has 0 saturated carbocycles. The number of hydrogen-bond acceptors (Lipinski definition) is 5. The van der Waals surface area contributed by atoms with Gasteiger partial charge in [0.2, 0.25) is 0 Å². The molecule has 0 fully saturated rings. The number of esters is 1. The summed E-state index contributed by atoms with van der Waals surface area (Å²) < 4.78 is 4.81. The lowest BCUT2D eigenvalue weighted by molar-refractivity contribution is -0.151. The van der Waals surface area contributed by atoms with Crippen LogP contribution in [0.3, 0.4) is 0 Å². The molecule has 1 aromatic rings. The van der Waals surface area contributed by atoms with Gasteiger partial charge in [-0.15, -0.1) is 0 Å². The standard InChI is InChI=1S/C15H15NO5/c1-3-21-15(20)12(9(2)17)8-16-13(18)10-6-4-5-7-11(10)14(16)19/h4-7,12H,3,8H2,1-2H3/t12-/m1/s1. The summed E-state index contributed by atoms with van der Waals surface area (Å²) in [7, 11) is 0. The van der Waals surface area contributed by atoms with E-state index in [9.17, 15) is 19.2 Å². The van der Waals surface area contributed by atoms with Gasteiger partial charge in [-0.3, -0.25) is 24.1 Å². The van der Waals surface area contributed by atoms with Gasteiger partial charge in [0, 0.05) is 6.54 Å². The highest BCUT2D eigenvalue weighted by Crippen LogP contribution is 2.23. The molecule has 0 saturated heterocycles. The number of amides is 2. The molecular weight excluding hydrogens is 274 g/mol. The minimum atomic E-state index is -1.15. The predicted octanol–water partition coefficient (Wildman–Crippen LogP) is 1.05. The lowest BCUT2D eigenvalue weighted by Gasteiger charge is -2.19. The molecule has 1 heterocycles. The fourth-order valence-corrected chi connectivity index (χ4v) is 2.20. The highest BCUT2D eigenvalue weighted by molar-refractivity contribution is 6.21. The van der Waals surface area contributed by atoms with Gasteiger partial charge in [0.15, 0.2) is 0 Å². The number of imide groups is 1. The molecule has 1 aromatic carbocycles.